The SMILES string of the molecule is Cc1sc2ncn(CC3(O)CCN(CC(=O)N4CCOCC4)CC3)c(=O)c2c1C. The van der Waals surface area contributed by atoms with Crippen molar-refractivity contribution in [2.75, 3.05) is 45.9 Å². The minimum absolute atomic E-state index is 0.0878. The molecule has 9 heteroatoms. The molecule has 1 N–H and O–H groups in total. The molecule has 0 atom stereocenters. The maximum absolute atomic E-state index is 12.9. The van der Waals surface area contributed by atoms with Crippen LogP contribution < -0.4 is 5.56 Å². The van der Waals surface area contributed by atoms with Crippen LogP contribution in [0.25, 0.3) is 10.2 Å². The summed E-state index contributed by atoms with van der Waals surface area (Å²) >= 11 is 1.53. The van der Waals surface area contributed by atoms with E-state index in [1.165, 1.54) is 15.9 Å². The lowest BCUT2D eigenvalue weighted by atomic mass is 9.91. The highest BCUT2D eigenvalue weighted by Gasteiger charge is 2.34. The summed E-state index contributed by atoms with van der Waals surface area (Å²) < 4.78 is 6.83. The van der Waals surface area contributed by atoms with Crippen molar-refractivity contribution in [3.8, 4) is 0 Å². The topological polar surface area (TPSA) is 87.9 Å². The number of likely N-dealkylation sites (tertiary alicyclic amines) is 1. The molecule has 0 aromatic carbocycles. The minimum atomic E-state index is -0.962. The first-order valence-corrected chi connectivity index (χ1v) is 10.9. The molecule has 2 aliphatic heterocycles. The summed E-state index contributed by atoms with van der Waals surface area (Å²) in [4.78, 5) is 35.6. The molecule has 2 aromatic heterocycles. The van der Waals surface area contributed by atoms with Gasteiger partial charge in [-0.05, 0) is 32.3 Å². The number of hydrogen-bond acceptors (Lipinski definition) is 7. The molecular formula is C20H28N4O4S. The van der Waals surface area contributed by atoms with Crippen molar-refractivity contribution in [3.63, 3.8) is 0 Å². The highest BCUT2D eigenvalue weighted by atomic mass is 32.1. The predicted octanol–water partition coefficient (Wildman–Crippen LogP) is 0.761. The summed E-state index contributed by atoms with van der Waals surface area (Å²) in [6, 6.07) is 0. The summed E-state index contributed by atoms with van der Waals surface area (Å²) in [6.45, 7) is 8.30. The average molecular weight is 421 g/mol. The molecule has 0 unspecified atom stereocenters. The van der Waals surface area contributed by atoms with Crippen molar-refractivity contribution in [1.29, 1.82) is 0 Å². The molecule has 1 amide bonds. The molecular weight excluding hydrogens is 392 g/mol. The van der Waals surface area contributed by atoms with Gasteiger partial charge in [0.25, 0.3) is 5.56 Å². The number of ether oxygens (including phenoxy) is 1. The summed E-state index contributed by atoms with van der Waals surface area (Å²) in [5.74, 6) is 0.118. The molecule has 2 aliphatic rings. The van der Waals surface area contributed by atoms with Gasteiger partial charge < -0.3 is 14.7 Å². The molecule has 0 aliphatic carbocycles. The van der Waals surface area contributed by atoms with Crippen LogP contribution in [0.4, 0.5) is 0 Å². The number of morpholine rings is 1. The molecule has 8 nitrogen and oxygen atoms in total. The van der Waals surface area contributed by atoms with E-state index < -0.39 is 5.60 Å². The van der Waals surface area contributed by atoms with Gasteiger partial charge >= 0.3 is 0 Å². The lowest BCUT2D eigenvalue weighted by Crippen LogP contribution is -2.51. The zero-order chi connectivity index (χ0) is 20.6. The quantitative estimate of drug-likeness (QED) is 0.786. The Labute approximate surface area is 173 Å². The largest absolute Gasteiger partial charge is 0.388 e. The highest BCUT2D eigenvalue weighted by Crippen LogP contribution is 2.27. The Hall–Kier alpha value is -1.81. The lowest BCUT2D eigenvalue weighted by Gasteiger charge is -2.39. The molecule has 4 rings (SSSR count). The second kappa shape index (κ2) is 8.14. The predicted molar refractivity (Wildman–Crippen MR) is 111 cm³/mol. The van der Waals surface area contributed by atoms with Gasteiger partial charge in [-0.1, -0.05) is 0 Å². The van der Waals surface area contributed by atoms with Crippen molar-refractivity contribution in [1.82, 2.24) is 19.4 Å². The maximum atomic E-state index is 12.9. The fourth-order valence-electron chi connectivity index (χ4n) is 4.09. The van der Waals surface area contributed by atoms with Gasteiger partial charge in [0.05, 0.1) is 43.6 Å². The van der Waals surface area contributed by atoms with Crippen LogP contribution in [-0.2, 0) is 16.1 Å². The number of hydrogen-bond donors (Lipinski definition) is 1. The number of rotatable bonds is 4. The fourth-order valence-corrected chi connectivity index (χ4v) is 5.08. The molecule has 0 radical (unpaired) electrons. The molecule has 0 bridgehead atoms. The van der Waals surface area contributed by atoms with Crippen molar-refractivity contribution >= 4 is 27.5 Å². The van der Waals surface area contributed by atoms with Crippen LogP contribution >= 0.6 is 11.3 Å². The van der Waals surface area contributed by atoms with E-state index in [2.05, 4.69) is 9.88 Å². The Morgan fingerprint density at radius 2 is 1.93 bits per heavy atom. The van der Waals surface area contributed by atoms with Crippen molar-refractivity contribution in [2.24, 2.45) is 0 Å². The third-order valence-electron chi connectivity index (χ3n) is 6.13. The normalized spacial score (nSPS) is 20.3. The first-order chi connectivity index (χ1) is 13.9. The van der Waals surface area contributed by atoms with Gasteiger partial charge in [0.1, 0.15) is 4.83 Å². The average Bonchev–Trinajstić information content (AvgIpc) is 3.01. The number of fused-ring (bicyclic) bond motifs is 1. The van der Waals surface area contributed by atoms with Crippen molar-refractivity contribution in [3.05, 3.63) is 27.1 Å². The summed E-state index contributed by atoms with van der Waals surface area (Å²) in [6.07, 6.45) is 2.59. The molecule has 0 saturated carbocycles. The Kier molecular flexibility index (Phi) is 5.74. The van der Waals surface area contributed by atoms with Crippen LogP contribution in [0.5, 0.6) is 0 Å². The number of carbonyl (C=O) groups excluding carboxylic acids is 1. The second-order valence-electron chi connectivity index (χ2n) is 8.13. The molecule has 2 fully saturated rings. The van der Waals surface area contributed by atoms with Crippen LogP contribution in [-0.4, -0.2) is 81.9 Å². The Bertz CT molecular complexity index is 955. The molecule has 2 saturated heterocycles. The van der Waals surface area contributed by atoms with Gasteiger partial charge in [0, 0.05) is 31.1 Å². The van der Waals surface area contributed by atoms with Gasteiger partial charge in [0.15, 0.2) is 0 Å². The zero-order valence-electron chi connectivity index (χ0n) is 17.0. The van der Waals surface area contributed by atoms with Crippen LogP contribution in [0.3, 0.4) is 0 Å². The Balaban J connectivity index is 1.39. The van der Waals surface area contributed by atoms with Crippen LogP contribution in [0.1, 0.15) is 23.3 Å². The third-order valence-corrected chi connectivity index (χ3v) is 7.25. The van der Waals surface area contributed by atoms with Crippen molar-refractivity contribution < 1.29 is 14.6 Å². The van der Waals surface area contributed by atoms with E-state index in [0.29, 0.717) is 64.2 Å². The van der Waals surface area contributed by atoms with Gasteiger partial charge in [-0.15, -0.1) is 11.3 Å². The molecule has 4 heterocycles. The fraction of sp³-hybridized carbons (Fsp3) is 0.650. The van der Waals surface area contributed by atoms with E-state index in [1.54, 1.807) is 6.33 Å². The first kappa shape index (κ1) is 20.5. The standard InChI is InChI=1S/C20H28N4O4S/c1-14-15(2)29-18-17(14)19(26)24(13-21-18)12-20(27)3-5-22(6-4-20)11-16(25)23-7-9-28-10-8-23/h13,27H,3-12H2,1-2H3. The molecule has 2 aromatic rings. The van der Waals surface area contributed by atoms with E-state index in [0.717, 1.165) is 15.3 Å². The Morgan fingerprint density at radius 1 is 1.24 bits per heavy atom. The van der Waals surface area contributed by atoms with Gasteiger partial charge in [-0.25, -0.2) is 4.98 Å². The summed E-state index contributed by atoms with van der Waals surface area (Å²) in [7, 11) is 0. The van der Waals surface area contributed by atoms with E-state index in [1.807, 2.05) is 18.7 Å². The minimum Gasteiger partial charge on any atom is -0.388 e. The zero-order valence-corrected chi connectivity index (χ0v) is 17.8. The second-order valence-corrected chi connectivity index (χ2v) is 9.34. The first-order valence-electron chi connectivity index (χ1n) is 10.1. The number of nitrogens with zero attached hydrogens (tertiary/aromatic N) is 4. The van der Waals surface area contributed by atoms with E-state index in [4.69, 9.17) is 4.74 Å². The van der Waals surface area contributed by atoms with Crippen LogP contribution in [0, 0.1) is 13.8 Å². The van der Waals surface area contributed by atoms with Gasteiger partial charge in [0.2, 0.25) is 5.91 Å². The number of amides is 1. The number of thiophene rings is 1. The van der Waals surface area contributed by atoms with E-state index >= 15 is 0 Å². The summed E-state index contributed by atoms with van der Waals surface area (Å²) in [5.41, 5.74) is -0.0769. The number of aliphatic hydroxyl groups is 1. The summed E-state index contributed by atoms with van der Waals surface area (Å²) in [5, 5.41) is 11.7. The highest BCUT2D eigenvalue weighted by molar-refractivity contribution is 7.18. The smallest absolute Gasteiger partial charge is 0.262 e. The third kappa shape index (κ3) is 4.23. The number of aromatic nitrogens is 2. The molecule has 0 spiro atoms. The lowest BCUT2D eigenvalue weighted by molar-refractivity contribution is -0.137. The van der Waals surface area contributed by atoms with Crippen LogP contribution in [0.15, 0.2) is 11.1 Å². The monoisotopic (exact) mass is 420 g/mol. The maximum Gasteiger partial charge on any atom is 0.262 e. The van der Waals surface area contributed by atoms with Gasteiger partial charge in [-0.3, -0.25) is 19.1 Å². The van der Waals surface area contributed by atoms with E-state index in [9.17, 15) is 14.7 Å². The number of carbonyl (C=O) groups is 1. The number of aryl methyl sites for hydroxylation is 2. The Morgan fingerprint density at radius 3 is 2.62 bits per heavy atom. The number of piperidine rings is 1. The van der Waals surface area contributed by atoms with Crippen LogP contribution in [0.2, 0.25) is 0 Å². The molecule has 29 heavy (non-hydrogen) atoms. The van der Waals surface area contributed by atoms with Gasteiger partial charge in [-0.2, -0.15) is 0 Å². The molecule has 158 valence electrons. The van der Waals surface area contributed by atoms with Crippen molar-refractivity contribution in [2.45, 2.75) is 38.8 Å². The van der Waals surface area contributed by atoms with E-state index in [-0.39, 0.29) is 18.0 Å².